The Balaban J connectivity index is 0.000000179. The van der Waals surface area contributed by atoms with Gasteiger partial charge in [0, 0.05) is 56.7 Å². The van der Waals surface area contributed by atoms with Crippen LogP contribution in [0.2, 0.25) is 0 Å². The number of H-pyrrole nitrogens is 2. The van der Waals surface area contributed by atoms with Crippen LogP contribution in [0.25, 0.3) is 33.2 Å². The van der Waals surface area contributed by atoms with E-state index in [1.165, 1.54) is 18.6 Å². The molecule has 5 heterocycles. The van der Waals surface area contributed by atoms with Crippen molar-refractivity contribution < 1.29 is 53.3 Å². The van der Waals surface area contributed by atoms with E-state index in [9.17, 15) is 39.6 Å². The minimum Gasteiger partial charge on any atom is -0.399 e. The molecule has 78 heavy (non-hydrogen) atoms. The number of nitriles is 2. The summed E-state index contributed by atoms with van der Waals surface area (Å²) in [6.07, 6.45) is 6.28. The highest BCUT2D eigenvalue weighted by atomic mass is 79.9. The van der Waals surface area contributed by atoms with Gasteiger partial charge >= 0.3 is 7.12 Å². The molecule has 4 aromatic heterocycles. The molecule has 4 N–H and O–H groups in total. The van der Waals surface area contributed by atoms with E-state index in [2.05, 4.69) is 51.4 Å². The van der Waals surface area contributed by atoms with E-state index in [-0.39, 0.29) is 33.8 Å². The number of hydrogen-bond acceptors (Lipinski definition) is 12. The fraction of sp³-hybridized carbons (Fsp3) is 0.222. The lowest BCUT2D eigenvalue weighted by Crippen LogP contribution is -2.41. The summed E-state index contributed by atoms with van der Waals surface area (Å²) in [6.45, 7) is 11.4. The number of carbonyl (C=O) groups is 2. The molecule has 0 spiro atoms. The SMILES string of the molecule is CC1(C)OB(c2cccc(C#N)c2)OC1(C)C.CCCS(=O)(=O)Nc1ccc(F)c(C(=O)c2c[nH]c3ncc(-c4cccc(C#N)c4)cc23)c1F.CCCS(=O)(=O)Nc1ccc(F)c(C(=O)c2c[nH]c3ncc(Br)cc23)c1F. The first-order valence-electron chi connectivity index (χ1n) is 23.8. The van der Waals surface area contributed by atoms with Gasteiger partial charge in [0.15, 0.2) is 11.6 Å². The van der Waals surface area contributed by atoms with Gasteiger partial charge in [0.2, 0.25) is 31.6 Å². The third-order valence-corrected chi connectivity index (χ3v) is 15.9. The summed E-state index contributed by atoms with van der Waals surface area (Å²) < 4.78 is 123. The van der Waals surface area contributed by atoms with Crippen LogP contribution in [-0.2, 0) is 29.4 Å². The molecule has 402 valence electrons. The van der Waals surface area contributed by atoms with Gasteiger partial charge in [-0.1, -0.05) is 38.1 Å². The van der Waals surface area contributed by atoms with Crippen LogP contribution in [0.5, 0.6) is 0 Å². The number of benzene rings is 4. The van der Waals surface area contributed by atoms with E-state index in [1.807, 2.05) is 52.0 Å². The summed E-state index contributed by atoms with van der Waals surface area (Å²) in [5, 5.41) is 18.7. The number of halogens is 5. The van der Waals surface area contributed by atoms with Crippen molar-refractivity contribution in [2.24, 2.45) is 0 Å². The fourth-order valence-corrected chi connectivity index (χ4v) is 10.5. The van der Waals surface area contributed by atoms with Gasteiger partial charge in [0.05, 0.1) is 68.5 Å². The van der Waals surface area contributed by atoms with Crippen molar-refractivity contribution in [2.75, 3.05) is 20.9 Å². The number of aromatic amines is 2. The molecular formula is C54H48BBrF4N8O8S2. The Hall–Kier alpha value is -7.74. The van der Waals surface area contributed by atoms with E-state index in [1.54, 1.807) is 62.5 Å². The molecule has 1 fully saturated rings. The van der Waals surface area contributed by atoms with Crippen molar-refractivity contribution in [1.29, 1.82) is 10.5 Å². The highest BCUT2D eigenvalue weighted by Gasteiger charge is 2.51. The van der Waals surface area contributed by atoms with E-state index in [0.29, 0.717) is 61.6 Å². The first-order valence-corrected chi connectivity index (χ1v) is 27.9. The molecule has 16 nitrogen and oxygen atoms in total. The van der Waals surface area contributed by atoms with Gasteiger partial charge in [0.1, 0.15) is 22.9 Å². The van der Waals surface area contributed by atoms with Gasteiger partial charge in [-0.05, 0) is 128 Å². The van der Waals surface area contributed by atoms with Crippen LogP contribution >= 0.6 is 15.9 Å². The van der Waals surface area contributed by atoms with Gasteiger partial charge in [-0.3, -0.25) is 19.0 Å². The summed E-state index contributed by atoms with van der Waals surface area (Å²) in [7, 11) is -8.05. The smallest absolute Gasteiger partial charge is 0.399 e. The quantitative estimate of drug-likeness (QED) is 0.0451. The lowest BCUT2D eigenvalue weighted by Gasteiger charge is -2.32. The number of sulfonamides is 2. The predicted octanol–water partition coefficient (Wildman–Crippen LogP) is 10.6. The van der Waals surface area contributed by atoms with Gasteiger partial charge in [-0.25, -0.2) is 44.4 Å². The third kappa shape index (κ3) is 12.8. The van der Waals surface area contributed by atoms with Crippen LogP contribution in [0.15, 0.2) is 114 Å². The molecule has 0 radical (unpaired) electrons. The predicted molar refractivity (Wildman–Crippen MR) is 292 cm³/mol. The molecule has 4 aromatic carbocycles. The first kappa shape index (κ1) is 58.0. The number of pyridine rings is 2. The maximum absolute atomic E-state index is 15.1. The van der Waals surface area contributed by atoms with E-state index < -0.39 is 84.5 Å². The Morgan fingerprint density at radius 1 is 0.654 bits per heavy atom. The van der Waals surface area contributed by atoms with Crippen LogP contribution in [0.1, 0.15) is 97.4 Å². The minimum absolute atomic E-state index is 0.0187. The lowest BCUT2D eigenvalue weighted by atomic mass is 9.78. The van der Waals surface area contributed by atoms with E-state index in [4.69, 9.17) is 19.8 Å². The molecule has 24 heteroatoms. The summed E-state index contributed by atoms with van der Waals surface area (Å²) in [6, 6.07) is 25.1. The molecule has 0 amide bonds. The molecule has 0 unspecified atom stereocenters. The molecule has 1 saturated heterocycles. The van der Waals surface area contributed by atoms with Crippen molar-refractivity contribution >= 4 is 93.6 Å². The van der Waals surface area contributed by atoms with Crippen LogP contribution in [-0.4, -0.2) is 78.2 Å². The Morgan fingerprint density at radius 2 is 1.12 bits per heavy atom. The second kappa shape index (κ2) is 23.5. The molecule has 8 aromatic rings. The average molecular weight is 1170 g/mol. The highest BCUT2D eigenvalue weighted by Crippen LogP contribution is 2.37. The topological polar surface area (TPSA) is 250 Å². The second-order valence-corrected chi connectivity index (χ2v) is 23.3. The van der Waals surface area contributed by atoms with Gasteiger partial charge in [-0.15, -0.1) is 0 Å². The number of ketones is 2. The molecular weight excluding hydrogens is 1120 g/mol. The number of fused-ring (bicyclic) bond motifs is 2. The van der Waals surface area contributed by atoms with Crippen LogP contribution in [0, 0.1) is 45.9 Å². The van der Waals surface area contributed by atoms with Crippen molar-refractivity contribution in [1.82, 2.24) is 19.9 Å². The monoisotopic (exact) mass is 1170 g/mol. The Bertz CT molecular complexity index is 3940. The number of hydrogen-bond donors (Lipinski definition) is 4. The zero-order chi connectivity index (χ0) is 56.9. The molecule has 0 atom stereocenters. The Kier molecular flexibility index (Phi) is 17.4. The number of rotatable bonds is 14. The van der Waals surface area contributed by atoms with Crippen molar-refractivity contribution in [2.45, 2.75) is 65.6 Å². The minimum atomic E-state index is -3.86. The standard InChI is InChI=1S/C24H18F2N4O3S.C17H14BrF2N3O3S.C13H16BNO2/c1-2-8-34(32,33)30-20-7-6-19(25)21(22(20)26)23(31)18-13-29-24-17(18)10-16(12-28-24)15-5-3-4-14(9-15)11-27;1-2-5-27(25,26)23-13-4-3-12(19)14(15(13)20)16(24)11-8-22-17-10(11)6-9(18)7-21-17;1-12(2)13(3,4)17-14(16-12)11-7-5-6-10(8-11)9-15/h3-7,9-10,12-13,30H,2,8H2,1H3,(H,28,29);3-4,6-8,23H,2,5H2,1H3,(H,21,22);5-8H,1-4H3. The zero-order valence-corrected chi connectivity index (χ0v) is 45.8. The molecule has 1 aliphatic rings. The van der Waals surface area contributed by atoms with Crippen molar-refractivity contribution in [3.05, 3.63) is 171 Å². The van der Waals surface area contributed by atoms with Gasteiger partial charge in [0.25, 0.3) is 0 Å². The fourth-order valence-electron chi connectivity index (χ4n) is 7.94. The summed E-state index contributed by atoms with van der Waals surface area (Å²) in [5.74, 6) is -7.15. The normalized spacial score (nSPS) is 13.6. The number of carbonyl (C=O) groups excluding carboxylic acids is 2. The molecule has 1 aliphatic heterocycles. The summed E-state index contributed by atoms with van der Waals surface area (Å²) in [5.41, 5.74) is 0.510. The molecule has 9 rings (SSSR count). The second-order valence-electron chi connectivity index (χ2n) is 18.7. The maximum Gasteiger partial charge on any atom is 0.494 e. The van der Waals surface area contributed by atoms with E-state index in [0.717, 1.165) is 29.7 Å². The zero-order valence-electron chi connectivity index (χ0n) is 42.6. The number of aromatic nitrogens is 4. The average Bonchev–Trinajstić information content (AvgIpc) is 4.14. The lowest BCUT2D eigenvalue weighted by molar-refractivity contribution is 0.00578. The Morgan fingerprint density at radius 3 is 1.60 bits per heavy atom. The first-order chi connectivity index (χ1) is 36.8. The van der Waals surface area contributed by atoms with Gasteiger partial charge < -0.3 is 19.3 Å². The summed E-state index contributed by atoms with van der Waals surface area (Å²) >= 11 is 3.23. The van der Waals surface area contributed by atoms with Crippen LogP contribution in [0.4, 0.5) is 28.9 Å². The molecule has 0 aliphatic carbocycles. The number of anilines is 2. The Labute approximate surface area is 455 Å². The number of nitrogens with one attached hydrogen (secondary N) is 4. The van der Waals surface area contributed by atoms with Gasteiger partial charge in [-0.2, -0.15) is 10.5 Å². The maximum atomic E-state index is 15.1. The summed E-state index contributed by atoms with van der Waals surface area (Å²) in [4.78, 5) is 39.9. The highest BCUT2D eigenvalue weighted by molar-refractivity contribution is 9.10. The van der Waals surface area contributed by atoms with Crippen LogP contribution < -0.4 is 14.9 Å². The number of nitrogens with zero attached hydrogens (tertiary/aromatic N) is 4. The van der Waals surface area contributed by atoms with E-state index >= 15 is 4.39 Å². The van der Waals surface area contributed by atoms with Crippen molar-refractivity contribution in [3.63, 3.8) is 0 Å². The third-order valence-electron chi connectivity index (χ3n) is 12.5. The van der Waals surface area contributed by atoms with Crippen LogP contribution in [0.3, 0.4) is 0 Å². The largest absolute Gasteiger partial charge is 0.494 e. The van der Waals surface area contributed by atoms with Crippen molar-refractivity contribution in [3.8, 4) is 23.3 Å². The molecule has 0 bridgehead atoms. The molecule has 0 saturated carbocycles.